The number of rotatable bonds is 6. The second-order valence-corrected chi connectivity index (χ2v) is 6.51. The molecule has 1 aliphatic rings. The molecule has 1 atom stereocenters. The van der Waals surface area contributed by atoms with Crippen molar-refractivity contribution in [1.29, 1.82) is 0 Å². The number of aliphatic hydroxyl groups excluding tert-OH is 1. The van der Waals surface area contributed by atoms with E-state index in [2.05, 4.69) is 20.2 Å². The Labute approximate surface area is 146 Å². The molecule has 2 heterocycles. The maximum Gasteiger partial charge on any atom is 0.223 e. The fourth-order valence-corrected chi connectivity index (χ4v) is 3.26. The van der Waals surface area contributed by atoms with Crippen molar-refractivity contribution in [3.05, 3.63) is 41.2 Å². The molecule has 0 spiro atoms. The van der Waals surface area contributed by atoms with Crippen LogP contribution in [0.3, 0.4) is 0 Å². The van der Waals surface area contributed by atoms with Crippen molar-refractivity contribution in [2.24, 2.45) is 5.92 Å². The van der Waals surface area contributed by atoms with Crippen molar-refractivity contribution in [2.75, 3.05) is 42.2 Å². The van der Waals surface area contributed by atoms with Crippen LogP contribution in [-0.2, 0) is 6.42 Å². The number of aryl methyl sites for hydroxylation is 1. The Morgan fingerprint density at radius 1 is 1.36 bits per heavy atom. The number of benzene rings is 1. The van der Waals surface area contributed by atoms with Gasteiger partial charge in [0.2, 0.25) is 5.95 Å². The summed E-state index contributed by atoms with van der Waals surface area (Å²) in [6, 6.07) is 7.19. The molecule has 1 fully saturated rings. The highest BCUT2D eigenvalue weighted by atomic mass is 19.1. The minimum absolute atomic E-state index is 0.0299. The molecule has 1 unspecified atom stereocenters. The topological polar surface area (TPSA) is 87.3 Å². The molecule has 3 rings (SSSR count). The summed E-state index contributed by atoms with van der Waals surface area (Å²) in [5.74, 6) is 1.97. The lowest BCUT2D eigenvalue weighted by Crippen LogP contribution is -2.22. The number of hydrogen-bond acceptors (Lipinski definition) is 6. The van der Waals surface area contributed by atoms with Gasteiger partial charge in [-0.15, -0.1) is 0 Å². The van der Waals surface area contributed by atoms with E-state index in [0.29, 0.717) is 23.8 Å². The van der Waals surface area contributed by atoms with Gasteiger partial charge in [0.1, 0.15) is 17.5 Å². The summed E-state index contributed by atoms with van der Waals surface area (Å²) in [6.07, 6.45) is 1.98. The molecule has 0 amide bonds. The van der Waals surface area contributed by atoms with Crippen LogP contribution in [-0.4, -0.2) is 41.3 Å². The fourth-order valence-electron chi connectivity index (χ4n) is 3.26. The smallest absolute Gasteiger partial charge is 0.223 e. The van der Waals surface area contributed by atoms with Gasteiger partial charge in [-0.2, -0.15) is 9.97 Å². The molecule has 2 aromatic rings. The molecule has 4 N–H and O–H groups in total. The Kier molecular flexibility index (Phi) is 5.33. The molecular formula is C18H24FN5O. The van der Waals surface area contributed by atoms with Gasteiger partial charge < -0.3 is 21.1 Å². The maximum atomic E-state index is 13.4. The van der Waals surface area contributed by atoms with E-state index < -0.39 is 0 Å². The number of aliphatic hydroxyl groups is 1. The third-order valence-electron chi connectivity index (χ3n) is 4.50. The van der Waals surface area contributed by atoms with Crippen molar-refractivity contribution in [2.45, 2.75) is 19.8 Å². The van der Waals surface area contributed by atoms with Crippen LogP contribution < -0.4 is 16.0 Å². The lowest BCUT2D eigenvalue weighted by molar-refractivity contribution is 0.311. The van der Waals surface area contributed by atoms with Crippen LogP contribution in [0.1, 0.15) is 17.5 Å². The summed E-state index contributed by atoms with van der Waals surface area (Å²) in [6.45, 7) is 4.03. The molecule has 1 aromatic heterocycles. The largest absolute Gasteiger partial charge is 0.395 e. The number of nitrogens with zero attached hydrogens (tertiary/aromatic N) is 3. The second-order valence-electron chi connectivity index (χ2n) is 6.51. The number of nitrogens with one attached hydrogen (secondary N) is 1. The summed E-state index contributed by atoms with van der Waals surface area (Å²) < 4.78 is 13.4. The molecule has 1 aromatic carbocycles. The van der Waals surface area contributed by atoms with Crippen LogP contribution in [0, 0.1) is 18.7 Å². The lowest BCUT2D eigenvalue weighted by Gasteiger charge is -2.19. The Morgan fingerprint density at radius 2 is 2.20 bits per heavy atom. The minimum atomic E-state index is -0.156. The first-order valence-electron chi connectivity index (χ1n) is 8.54. The first-order valence-corrected chi connectivity index (χ1v) is 8.54. The fraction of sp³-hybridized carbons (Fsp3) is 0.444. The van der Waals surface area contributed by atoms with E-state index in [1.807, 2.05) is 18.2 Å². The van der Waals surface area contributed by atoms with E-state index in [9.17, 15) is 4.39 Å². The Morgan fingerprint density at radius 3 is 2.96 bits per heavy atom. The predicted octanol–water partition coefficient (Wildman–Crippen LogP) is 1.98. The van der Waals surface area contributed by atoms with E-state index in [-0.39, 0.29) is 18.4 Å². The third-order valence-corrected chi connectivity index (χ3v) is 4.50. The number of nitrogen functional groups attached to an aromatic ring is 1. The first-order chi connectivity index (χ1) is 12.0. The van der Waals surface area contributed by atoms with Gasteiger partial charge >= 0.3 is 0 Å². The molecule has 6 nitrogen and oxygen atoms in total. The van der Waals surface area contributed by atoms with Crippen LogP contribution >= 0.6 is 0 Å². The Hall–Kier alpha value is -2.41. The zero-order valence-electron chi connectivity index (χ0n) is 14.4. The van der Waals surface area contributed by atoms with E-state index in [1.165, 1.54) is 5.56 Å². The standard InChI is InChI=1S/C18H24FN5O/c1-12-8-13(2-3-15(12)19)9-14-4-6-24(11-14)17-10-16(21-5-7-25)22-18(20)23-17/h2-3,8,10,14,25H,4-7,9,11H2,1H3,(H3,20,21,22,23). The van der Waals surface area contributed by atoms with E-state index in [1.54, 1.807) is 13.0 Å². The third kappa shape index (κ3) is 4.36. The van der Waals surface area contributed by atoms with Gasteiger partial charge in [-0.05, 0) is 42.9 Å². The molecule has 25 heavy (non-hydrogen) atoms. The second kappa shape index (κ2) is 7.65. The molecule has 0 bridgehead atoms. The van der Waals surface area contributed by atoms with Crippen molar-refractivity contribution in [1.82, 2.24) is 9.97 Å². The zero-order chi connectivity index (χ0) is 17.8. The van der Waals surface area contributed by atoms with Gasteiger partial charge in [-0.25, -0.2) is 4.39 Å². The Bertz CT molecular complexity index is 739. The van der Waals surface area contributed by atoms with Crippen LogP contribution in [0.4, 0.5) is 22.0 Å². The van der Waals surface area contributed by atoms with Crippen molar-refractivity contribution in [3.8, 4) is 0 Å². The van der Waals surface area contributed by atoms with Gasteiger partial charge in [-0.3, -0.25) is 0 Å². The maximum absolute atomic E-state index is 13.4. The summed E-state index contributed by atoms with van der Waals surface area (Å²) in [7, 11) is 0. The summed E-state index contributed by atoms with van der Waals surface area (Å²) in [5, 5.41) is 11.9. The van der Waals surface area contributed by atoms with Crippen molar-refractivity contribution in [3.63, 3.8) is 0 Å². The number of halogens is 1. The lowest BCUT2D eigenvalue weighted by atomic mass is 9.97. The molecule has 0 radical (unpaired) electrons. The molecule has 7 heteroatoms. The average molecular weight is 345 g/mol. The van der Waals surface area contributed by atoms with E-state index in [0.717, 1.165) is 31.7 Å². The van der Waals surface area contributed by atoms with Gasteiger partial charge in [0.05, 0.1) is 6.61 Å². The van der Waals surface area contributed by atoms with Gasteiger partial charge in [0.25, 0.3) is 0 Å². The zero-order valence-corrected chi connectivity index (χ0v) is 14.4. The first kappa shape index (κ1) is 17.4. The van der Waals surface area contributed by atoms with Gasteiger partial charge in [-0.1, -0.05) is 12.1 Å². The number of hydrogen-bond donors (Lipinski definition) is 3. The highest BCUT2D eigenvalue weighted by molar-refractivity contribution is 5.53. The molecule has 0 aliphatic carbocycles. The van der Waals surface area contributed by atoms with Crippen LogP contribution in [0.5, 0.6) is 0 Å². The SMILES string of the molecule is Cc1cc(CC2CCN(c3cc(NCCO)nc(N)n3)C2)ccc1F. The normalized spacial score (nSPS) is 17.1. The highest BCUT2D eigenvalue weighted by Gasteiger charge is 2.24. The van der Waals surface area contributed by atoms with Gasteiger partial charge in [0.15, 0.2) is 0 Å². The molecule has 134 valence electrons. The van der Waals surface area contributed by atoms with E-state index >= 15 is 0 Å². The average Bonchev–Trinajstić information content (AvgIpc) is 3.04. The summed E-state index contributed by atoms with van der Waals surface area (Å²) in [5.41, 5.74) is 7.66. The van der Waals surface area contributed by atoms with Gasteiger partial charge in [0, 0.05) is 25.7 Å². The number of aromatic nitrogens is 2. The van der Waals surface area contributed by atoms with E-state index in [4.69, 9.17) is 10.8 Å². The predicted molar refractivity (Wildman–Crippen MR) is 97.2 cm³/mol. The van der Waals surface area contributed by atoms with Crippen LogP contribution in [0.2, 0.25) is 0 Å². The quantitative estimate of drug-likeness (QED) is 0.742. The van der Waals surface area contributed by atoms with Crippen molar-refractivity contribution >= 4 is 17.6 Å². The summed E-state index contributed by atoms with van der Waals surface area (Å²) in [4.78, 5) is 10.7. The molecule has 1 saturated heterocycles. The van der Waals surface area contributed by atoms with Crippen LogP contribution in [0.25, 0.3) is 0 Å². The molecule has 1 aliphatic heterocycles. The van der Waals surface area contributed by atoms with Crippen LogP contribution in [0.15, 0.2) is 24.3 Å². The summed E-state index contributed by atoms with van der Waals surface area (Å²) >= 11 is 0. The highest BCUT2D eigenvalue weighted by Crippen LogP contribution is 2.27. The Balaban J connectivity index is 1.66. The minimum Gasteiger partial charge on any atom is -0.395 e. The number of anilines is 3. The molecular weight excluding hydrogens is 321 g/mol. The van der Waals surface area contributed by atoms with Crippen molar-refractivity contribution < 1.29 is 9.50 Å². The monoisotopic (exact) mass is 345 g/mol. The molecule has 0 saturated carbocycles. The number of nitrogens with two attached hydrogens (primary N) is 1.